The molecule has 4 rings (SSSR count). The highest BCUT2D eigenvalue weighted by molar-refractivity contribution is 5.97. The van der Waals surface area contributed by atoms with Crippen LogP contribution in [0.2, 0.25) is 0 Å². The lowest BCUT2D eigenvalue weighted by molar-refractivity contribution is -0.274. The zero-order valence-electron chi connectivity index (χ0n) is 16.4. The first kappa shape index (κ1) is 20.3. The summed E-state index contributed by atoms with van der Waals surface area (Å²) < 4.78 is 43.2. The first-order valence-corrected chi connectivity index (χ1v) is 9.81. The third-order valence-electron chi connectivity index (χ3n) is 5.29. The monoisotopic (exact) mass is 417 g/mol. The van der Waals surface area contributed by atoms with Gasteiger partial charge in [0.05, 0.1) is 12.3 Å². The van der Waals surface area contributed by atoms with Gasteiger partial charge >= 0.3 is 6.36 Å². The van der Waals surface area contributed by atoms with Crippen LogP contribution in [0, 0.1) is 0 Å². The summed E-state index contributed by atoms with van der Waals surface area (Å²) in [7, 11) is 0. The minimum absolute atomic E-state index is 0.0440. The quantitative estimate of drug-likeness (QED) is 0.545. The van der Waals surface area contributed by atoms with Gasteiger partial charge in [-0.2, -0.15) is 0 Å². The third-order valence-corrected chi connectivity index (χ3v) is 5.29. The van der Waals surface area contributed by atoms with Crippen LogP contribution in [0.25, 0.3) is 10.9 Å². The third kappa shape index (κ3) is 3.75. The van der Waals surface area contributed by atoms with Gasteiger partial charge in [0.15, 0.2) is 11.6 Å². The molecule has 1 aliphatic heterocycles. The van der Waals surface area contributed by atoms with Gasteiger partial charge in [-0.3, -0.25) is 0 Å². The Bertz CT molecular complexity index is 1070. The van der Waals surface area contributed by atoms with Gasteiger partial charge < -0.3 is 20.5 Å². The minimum atomic E-state index is -4.82. The number of aryl methyl sites for hydroxylation is 1. The van der Waals surface area contributed by atoms with Gasteiger partial charge in [0, 0.05) is 24.4 Å². The van der Waals surface area contributed by atoms with Crippen molar-refractivity contribution >= 4 is 22.4 Å². The molecule has 3 N–H and O–H groups in total. The summed E-state index contributed by atoms with van der Waals surface area (Å²) in [6, 6.07) is 12.7. The summed E-state index contributed by atoms with van der Waals surface area (Å²) >= 11 is 0. The van der Waals surface area contributed by atoms with Crippen LogP contribution in [0.1, 0.15) is 29.5 Å². The number of alkyl halides is 3. The molecule has 30 heavy (non-hydrogen) atoms. The number of para-hydroxylation sites is 1. The van der Waals surface area contributed by atoms with Gasteiger partial charge in [0.25, 0.3) is 0 Å². The molecule has 2 heterocycles. The lowest BCUT2D eigenvalue weighted by Crippen LogP contribution is -2.17. The number of ether oxygens (including phenoxy) is 1. The zero-order chi connectivity index (χ0) is 21.3. The number of halogens is 3. The lowest BCUT2D eigenvalue weighted by atomic mass is 9.87. The Kier molecular flexibility index (Phi) is 5.42. The van der Waals surface area contributed by atoms with E-state index in [4.69, 9.17) is 0 Å². The van der Waals surface area contributed by atoms with Gasteiger partial charge in [0.1, 0.15) is 5.52 Å². The smallest absolute Gasteiger partial charge is 0.403 e. The number of nitrogens with zero attached hydrogens (tertiary/aromatic N) is 1. The van der Waals surface area contributed by atoms with Crippen molar-refractivity contribution in [3.8, 4) is 5.75 Å². The van der Waals surface area contributed by atoms with E-state index in [1.54, 1.807) is 12.1 Å². The van der Waals surface area contributed by atoms with Crippen molar-refractivity contribution in [2.45, 2.75) is 25.6 Å². The predicted molar refractivity (Wildman–Crippen MR) is 110 cm³/mol. The number of fused-ring (bicyclic) bond motifs is 3. The molecule has 0 amide bonds. The Hall–Kier alpha value is -3.00. The Morgan fingerprint density at radius 1 is 1.20 bits per heavy atom. The second kappa shape index (κ2) is 8.02. The fourth-order valence-corrected chi connectivity index (χ4v) is 4.10. The maximum absolute atomic E-state index is 13.0. The first-order valence-electron chi connectivity index (χ1n) is 9.81. The Balaban J connectivity index is 1.95. The summed E-state index contributed by atoms with van der Waals surface area (Å²) in [4.78, 5) is 4.43. The number of benzene rings is 2. The number of aromatic nitrogens is 1. The maximum Gasteiger partial charge on any atom is 0.573 e. The van der Waals surface area contributed by atoms with Crippen LogP contribution in [0.15, 0.2) is 42.5 Å². The summed E-state index contributed by atoms with van der Waals surface area (Å²) in [6.07, 6.45) is -3.97. The molecule has 5 nitrogen and oxygen atoms in total. The topological polar surface area (TPSA) is 66.4 Å². The standard InChI is InChI=1S/C22H22F3N3O2/c1-2-13-6-3-4-7-14(13)16-12-27-20-18(16)15-8-5-9-17(30-22(23,24)25)19(15)28-21(20)26-10-11-29/h3-9,16,27,29H,2,10-12H2,1H3,(H,26,28). The molecular weight excluding hydrogens is 395 g/mol. The number of aliphatic hydroxyl groups excluding tert-OH is 1. The van der Waals surface area contributed by atoms with Crippen molar-refractivity contribution in [1.29, 1.82) is 0 Å². The molecule has 0 spiro atoms. The van der Waals surface area contributed by atoms with E-state index in [9.17, 15) is 18.3 Å². The molecule has 2 aromatic carbocycles. The number of hydrogen-bond acceptors (Lipinski definition) is 5. The van der Waals surface area contributed by atoms with Gasteiger partial charge in [-0.25, -0.2) is 4.98 Å². The molecule has 1 aliphatic rings. The van der Waals surface area contributed by atoms with Crippen LogP contribution in [0.5, 0.6) is 5.75 Å². The van der Waals surface area contributed by atoms with Crippen LogP contribution in [0.3, 0.4) is 0 Å². The average molecular weight is 417 g/mol. The number of hydrogen-bond donors (Lipinski definition) is 3. The molecular formula is C22H22F3N3O2. The summed E-state index contributed by atoms with van der Waals surface area (Å²) in [6.45, 7) is 2.78. The molecule has 0 fully saturated rings. The van der Waals surface area contributed by atoms with Crippen LogP contribution in [-0.2, 0) is 6.42 Å². The largest absolute Gasteiger partial charge is 0.573 e. The van der Waals surface area contributed by atoms with Crippen LogP contribution in [0.4, 0.5) is 24.7 Å². The molecule has 158 valence electrons. The molecule has 1 aromatic heterocycles. The Morgan fingerprint density at radius 3 is 2.73 bits per heavy atom. The fraction of sp³-hybridized carbons (Fsp3) is 0.318. The van der Waals surface area contributed by atoms with Crippen molar-refractivity contribution in [3.63, 3.8) is 0 Å². The Labute approximate surface area is 171 Å². The van der Waals surface area contributed by atoms with Crippen LogP contribution in [-0.4, -0.2) is 36.1 Å². The van der Waals surface area contributed by atoms with E-state index in [1.807, 2.05) is 12.1 Å². The molecule has 0 radical (unpaired) electrons. The van der Waals surface area contributed by atoms with E-state index >= 15 is 0 Å². The van der Waals surface area contributed by atoms with E-state index in [2.05, 4.69) is 39.4 Å². The molecule has 0 bridgehead atoms. The molecule has 1 atom stereocenters. The van der Waals surface area contributed by atoms with Crippen molar-refractivity contribution in [2.24, 2.45) is 0 Å². The van der Waals surface area contributed by atoms with Crippen LogP contribution < -0.4 is 15.4 Å². The van der Waals surface area contributed by atoms with Crippen molar-refractivity contribution in [3.05, 3.63) is 59.2 Å². The van der Waals surface area contributed by atoms with E-state index in [0.717, 1.165) is 23.2 Å². The van der Waals surface area contributed by atoms with Gasteiger partial charge in [-0.1, -0.05) is 43.3 Å². The van der Waals surface area contributed by atoms with Gasteiger partial charge in [-0.05, 0) is 29.2 Å². The molecule has 3 aromatic rings. The molecule has 8 heteroatoms. The SMILES string of the molecule is CCc1ccccc1C1CNc2c(NCCO)nc3c(OC(F)(F)F)cccc3c21. The number of anilines is 2. The summed E-state index contributed by atoms with van der Waals surface area (Å²) in [5.74, 6) is 0.0167. The zero-order valence-corrected chi connectivity index (χ0v) is 16.4. The van der Waals surface area contributed by atoms with Crippen LogP contribution >= 0.6 is 0 Å². The van der Waals surface area contributed by atoms with Gasteiger partial charge in [-0.15, -0.1) is 13.2 Å². The van der Waals surface area contributed by atoms with E-state index in [1.165, 1.54) is 11.6 Å². The first-order chi connectivity index (χ1) is 14.4. The second-order valence-electron chi connectivity index (χ2n) is 7.09. The second-order valence-corrected chi connectivity index (χ2v) is 7.09. The Morgan fingerprint density at radius 2 is 2.00 bits per heavy atom. The normalized spacial score (nSPS) is 15.7. The van der Waals surface area contributed by atoms with Crippen molar-refractivity contribution < 1.29 is 23.0 Å². The highest BCUT2D eigenvalue weighted by Crippen LogP contribution is 2.46. The van der Waals surface area contributed by atoms with E-state index < -0.39 is 6.36 Å². The highest BCUT2D eigenvalue weighted by atomic mass is 19.4. The number of nitrogens with one attached hydrogen (secondary N) is 2. The maximum atomic E-state index is 13.0. The number of rotatable bonds is 6. The highest BCUT2D eigenvalue weighted by Gasteiger charge is 2.34. The summed E-state index contributed by atoms with van der Waals surface area (Å²) in [5, 5.41) is 16.2. The molecule has 0 saturated heterocycles. The number of pyridine rings is 1. The van der Waals surface area contributed by atoms with Crippen molar-refractivity contribution in [2.75, 3.05) is 30.3 Å². The van der Waals surface area contributed by atoms with Gasteiger partial charge in [0.2, 0.25) is 0 Å². The molecule has 0 aliphatic carbocycles. The van der Waals surface area contributed by atoms with E-state index in [0.29, 0.717) is 17.7 Å². The molecule has 0 saturated carbocycles. The molecule has 1 unspecified atom stereocenters. The average Bonchev–Trinajstić information content (AvgIpc) is 3.17. The lowest BCUT2D eigenvalue weighted by Gasteiger charge is -2.19. The minimum Gasteiger partial charge on any atom is -0.403 e. The predicted octanol–water partition coefficient (Wildman–Crippen LogP) is 4.66. The summed E-state index contributed by atoms with van der Waals surface area (Å²) in [5.41, 5.74) is 4.09. The fourth-order valence-electron chi connectivity index (χ4n) is 4.10. The number of aliphatic hydroxyl groups is 1. The van der Waals surface area contributed by atoms with E-state index in [-0.39, 0.29) is 30.3 Å². The van der Waals surface area contributed by atoms with Crippen molar-refractivity contribution in [1.82, 2.24) is 4.98 Å².